The van der Waals surface area contributed by atoms with Crippen LogP contribution in [0.1, 0.15) is 5.69 Å². The molecule has 1 aromatic heterocycles. The van der Waals surface area contributed by atoms with Crippen molar-refractivity contribution < 1.29 is 9.90 Å². The zero-order chi connectivity index (χ0) is 10.6. The Morgan fingerprint density at radius 1 is 1.79 bits per heavy atom. The molecule has 0 fully saturated rings. The smallest absolute Gasteiger partial charge is 0.321 e. The third-order valence-electron chi connectivity index (χ3n) is 1.57. The number of carboxylic acids is 1. The maximum absolute atomic E-state index is 10.7. The monoisotopic (exact) mass is 217 g/mol. The van der Waals surface area contributed by atoms with E-state index < -0.39 is 12.0 Å². The minimum atomic E-state index is -1.05. The number of aromatic amines is 1. The van der Waals surface area contributed by atoms with Crippen LogP contribution in [-0.2, 0) is 11.3 Å². The number of hydrogen-bond donors (Lipinski definition) is 4. The number of rotatable bonds is 5. The van der Waals surface area contributed by atoms with Gasteiger partial charge in [0.1, 0.15) is 6.04 Å². The second-order valence-corrected chi connectivity index (χ2v) is 3.59. The number of hydrogen-bond acceptors (Lipinski definition) is 5. The number of carboxylic acid groups (broad SMARTS) is 1. The molecule has 0 aliphatic rings. The molecule has 0 amide bonds. The van der Waals surface area contributed by atoms with E-state index in [9.17, 15) is 9.59 Å². The van der Waals surface area contributed by atoms with E-state index in [1.165, 1.54) is 0 Å². The Morgan fingerprint density at radius 2 is 2.50 bits per heavy atom. The average Bonchev–Trinajstić information content (AvgIpc) is 2.51. The lowest BCUT2D eigenvalue weighted by Gasteiger charge is -2.06. The minimum absolute atomic E-state index is 0.121. The zero-order valence-electron chi connectivity index (χ0n) is 7.32. The van der Waals surface area contributed by atoms with Gasteiger partial charge in [0.2, 0.25) is 0 Å². The van der Waals surface area contributed by atoms with Crippen LogP contribution in [0, 0.1) is 0 Å². The predicted molar refractivity (Wildman–Crippen MR) is 52.3 cm³/mol. The lowest BCUT2D eigenvalue weighted by atomic mass is 10.3. The molecule has 1 unspecified atom stereocenters. The second kappa shape index (κ2) is 4.89. The molecule has 0 spiro atoms. The van der Waals surface area contributed by atoms with Gasteiger partial charge in [-0.15, -0.1) is 0 Å². The van der Waals surface area contributed by atoms with Crippen LogP contribution < -0.4 is 15.9 Å². The number of carbonyl (C=O) groups is 1. The normalized spacial score (nSPS) is 12.6. The summed E-state index contributed by atoms with van der Waals surface area (Å²) in [4.78, 5) is 23.5. The highest BCUT2D eigenvalue weighted by molar-refractivity contribution is 7.07. The van der Waals surface area contributed by atoms with Gasteiger partial charge in [-0.3, -0.25) is 9.59 Å². The summed E-state index contributed by atoms with van der Waals surface area (Å²) >= 11 is 1.07. The minimum Gasteiger partial charge on any atom is -0.480 e. The first-order valence-electron chi connectivity index (χ1n) is 3.95. The predicted octanol–water partition coefficient (Wildman–Crippen LogP) is -1.06. The molecular formula is C7H11N3O3S. The molecule has 0 aromatic carbocycles. The van der Waals surface area contributed by atoms with Crippen molar-refractivity contribution in [1.29, 1.82) is 0 Å². The summed E-state index contributed by atoms with van der Waals surface area (Å²) in [5.41, 5.74) is 5.99. The molecule has 7 heteroatoms. The number of nitrogens with one attached hydrogen (secondary N) is 2. The van der Waals surface area contributed by atoms with Crippen molar-refractivity contribution in [1.82, 2.24) is 10.3 Å². The molecule has 0 saturated carbocycles. The summed E-state index contributed by atoms with van der Waals surface area (Å²) in [6.07, 6.45) is 0. The third kappa shape index (κ3) is 3.29. The Morgan fingerprint density at radius 3 is 3.00 bits per heavy atom. The Hall–Kier alpha value is -1.18. The van der Waals surface area contributed by atoms with Gasteiger partial charge in [0.25, 0.3) is 0 Å². The molecular weight excluding hydrogens is 206 g/mol. The molecule has 1 heterocycles. The van der Waals surface area contributed by atoms with E-state index in [-0.39, 0.29) is 11.4 Å². The molecule has 5 N–H and O–H groups in total. The molecule has 1 rings (SSSR count). The van der Waals surface area contributed by atoms with Gasteiger partial charge in [0.05, 0.1) is 0 Å². The van der Waals surface area contributed by atoms with Gasteiger partial charge in [-0.05, 0) is 0 Å². The largest absolute Gasteiger partial charge is 0.480 e. The molecule has 78 valence electrons. The number of aromatic nitrogens is 1. The van der Waals surface area contributed by atoms with E-state index >= 15 is 0 Å². The summed E-state index contributed by atoms with van der Waals surface area (Å²) < 4.78 is 0. The van der Waals surface area contributed by atoms with Crippen LogP contribution in [0.5, 0.6) is 0 Å². The number of nitrogens with two attached hydrogens (primary N) is 1. The molecule has 14 heavy (non-hydrogen) atoms. The van der Waals surface area contributed by atoms with E-state index in [1.807, 2.05) is 0 Å². The van der Waals surface area contributed by atoms with Gasteiger partial charge in [-0.2, -0.15) is 0 Å². The SMILES string of the molecule is NC(CNCc1csc(=O)[nH]1)C(=O)O. The zero-order valence-corrected chi connectivity index (χ0v) is 8.13. The topological polar surface area (TPSA) is 108 Å². The van der Waals surface area contributed by atoms with Crippen LogP contribution in [0.3, 0.4) is 0 Å². The van der Waals surface area contributed by atoms with E-state index in [0.29, 0.717) is 6.54 Å². The fraction of sp³-hybridized carbons (Fsp3) is 0.429. The van der Waals surface area contributed by atoms with Crippen molar-refractivity contribution in [3.05, 3.63) is 20.7 Å². The number of H-pyrrole nitrogens is 1. The lowest BCUT2D eigenvalue weighted by Crippen LogP contribution is -2.40. The quantitative estimate of drug-likeness (QED) is 0.502. The van der Waals surface area contributed by atoms with Crippen molar-refractivity contribution >= 4 is 17.3 Å². The summed E-state index contributed by atoms with van der Waals surface area (Å²) in [6, 6.07) is -0.916. The van der Waals surface area contributed by atoms with Crippen LogP contribution in [-0.4, -0.2) is 28.6 Å². The van der Waals surface area contributed by atoms with Crippen LogP contribution in [0.2, 0.25) is 0 Å². The highest BCUT2D eigenvalue weighted by atomic mass is 32.1. The Kier molecular flexibility index (Phi) is 3.81. The van der Waals surface area contributed by atoms with Crippen molar-refractivity contribution in [2.45, 2.75) is 12.6 Å². The van der Waals surface area contributed by atoms with Crippen molar-refractivity contribution in [2.24, 2.45) is 5.73 Å². The van der Waals surface area contributed by atoms with Crippen molar-refractivity contribution in [3.8, 4) is 0 Å². The van der Waals surface area contributed by atoms with Crippen molar-refractivity contribution in [3.63, 3.8) is 0 Å². The molecule has 0 radical (unpaired) electrons. The number of aliphatic carboxylic acids is 1. The van der Waals surface area contributed by atoms with E-state index in [4.69, 9.17) is 10.8 Å². The first-order chi connectivity index (χ1) is 6.59. The van der Waals surface area contributed by atoms with Gasteiger partial charge >= 0.3 is 10.8 Å². The molecule has 0 aliphatic heterocycles. The van der Waals surface area contributed by atoms with E-state index in [2.05, 4.69) is 10.3 Å². The van der Waals surface area contributed by atoms with Gasteiger partial charge in [-0.1, -0.05) is 11.3 Å². The Bertz CT molecular complexity index is 359. The van der Waals surface area contributed by atoms with Crippen molar-refractivity contribution in [2.75, 3.05) is 6.54 Å². The summed E-state index contributed by atoms with van der Waals surface area (Å²) in [5, 5.41) is 13.0. The highest BCUT2D eigenvalue weighted by Crippen LogP contribution is 1.93. The van der Waals surface area contributed by atoms with Gasteiger partial charge in [0.15, 0.2) is 0 Å². The summed E-state index contributed by atoms with van der Waals surface area (Å²) in [7, 11) is 0. The second-order valence-electron chi connectivity index (χ2n) is 2.75. The van der Waals surface area contributed by atoms with E-state index in [1.54, 1.807) is 5.38 Å². The average molecular weight is 217 g/mol. The molecule has 0 aliphatic carbocycles. The first kappa shape index (κ1) is 10.9. The van der Waals surface area contributed by atoms with Crippen LogP contribution >= 0.6 is 11.3 Å². The summed E-state index contributed by atoms with van der Waals surface area (Å²) in [5.74, 6) is -1.05. The van der Waals surface area contributed by atoms with Crippen LogP contribution in [0.4, 0.5) is 0 Å². The fourth-order valence-corrected chi connectivity index (χ4v) is 1.43. The Labute approximate surface area is 83.8 Å². The molecule has 0 bridgehead atoms. The van der Waals surface area contributed by atoms with Crippen LogP contribution in [0.15, 0.2) is 10.2 Å². The molecule has 1 aromatic rings. The number of thiazole rings is 1. The van der Waals surface area contributed by atoms with Gasteiger partial charge in [0, 0.05) is 24.2 Å². The maximum Gasteiger partial charge on any atom is 0.321 e. The van der Waals surface area contributed by atoms with Gasteiger partial charge < -0.3 is 21.1 Å². The maximum atomic E-state index is 10.7. The molecule has 1 atom stereocenters. The standard InChI is InChI=1S/C7H11N3O3S/c8-5(6(11)12)2-9-1-4-3-14-7(13)10-4/h3,5,9H,1-2,8H2,(H,10,13)(H,11,12). The van der Waals surface area contributed by atoms with E-state index in [0.717, 1.165) is 17.0 Å². The van der Waals surface area contributed by atoms with Crippen LogP contribution in [0.25, 0.3) is 0 Å². The third-order valence-corrected chi connectivity index (χ3v) is 2.29. The first-order valence-corrected chi connectivity index (χ1v) is 4.83. The Balaban J connectivity index is 2.28. The lowest BCUT2D eigenvalue weighted by molar-refractivity contribution is -0.138. The molecule has 0 saturated heterocycles. The highest BCUT2D eigenvalue weighted by Gasteiger charge is 2.09. The van der Waals surface area contributed by atoms with Gasteiger partial charge in [-0.25, -0.2) is 0 Å². The fourth-order valence-electron chi connectivity index (χ4n) is 0.850. The summed E-state index contributed by atoms with van der Waals surface area (Å²) in [6.45, 7) is 0.590. The molecule has 6 nitrogen and oxygen atoms in total.